The lowest BCUT2D eigenvalue weighted by molar-refractivity contribution is 0.0959. The summed E-state index contributed by atoms with van der Waals surface area (Å²) in [5.74, 6) is 1.20. The second kappa shape index (κ2) is 6.91. The van der Waals surface area contributed by atoms with Gasteiger partial charge in [0.2, 0.25) is 0 Å². The molecule has 2 heterocycles. The molecule has 0 unspecified atom stereocenters. The third kappa shape index (κ3) is 3.48. The molecule has 0 bridgehead atoms. The van der Waals surface area contributed by atoms with Gasteiger partial charge in [0.1, 0.15) is 5.76 Å². The normalized spacial score (nSPS) is 10.9. The molecule has 2 rings (SSSR count). The molecular weight excluding hydrogens is 274 g/mol. The molecule has 20 heavy (non-hydrogen) atoms. The van der Waals surface area contributed by atoms with E-state index in [-0.39, 0.29) is 5.91 Å². The van der Waals surface area contributed by atoms with Gasteiger partial charge in [0.15, 0.2) is 5.88 Å². The standard InChI is InChI=1S/C14H17N3O2S/c1-3-17(4-2)13-8-7-11(19-13)10-15-16-14(18)12-6-5-9-20-12/h5-10H,3-4H2,1-2H3,(H,16,18)/b15-10+. The van der Waals surface area contributed by atoms with Crippen molar-refractivity contribution in [2.45, 2.75) is 13.8 Å². The molecule has 106 valence electrons. The van der Waals surface area contributed by atoms with Gasteiger partial charge >= 0.3 is 0 Å². The summed E-state index contributed by atoms with van der Waals surface area (Å²) in [6.45, 7) is 5.91. The predicted molar refractivity (Wildman–Crippen MR) is 81.6 cm³/mol. The lowest BCUT2D eigenvalue weighted by atomic mass is 10.4. The maximum Gasteiger partial charge on any atom is 0.281 e. The van der Waals surface area contributed by atoms with Crippen LogP contribution in [0.25, 0.3) is 0 Å². The second-order valence-electron chi connectivity index (χ2n) is 4.02. The summed E-state index contributed by atoms with van der Waals surface area (Å²) in [5.41, 5.74) is 2.47. The molecule has 0 saturated heterocycles. The third-order valence-corrected chi connectivity index (χ3v) is 3.66. The van der Waals surface area contributed by atoms with Crippen molar-refractivity contribution in [2.75, 3.05) is 18.0 Å². The Morgan fingerprint density at radius 3 is 2.85 bits per heavy atom. The summed E-state index contributed by atoms with van der Waals surface area (Å²) in [6, 6.07) is 7.30. The van der Waals surface area contributed by atoms with Crippen LogP contribution in [0.1, 0.15) is 29.3 Å². The molecule has 2 aromatic heterocycles. The lowest BCUT2D eigenvalue weighted by Crippen LogP contribution is -2.20. The molecule has 0 spiro atoms. The zero-order valence-corrected chi connectivity index (χ0v) is 12.3. The largest absolute Gasteiger partial charge is 0.440 e. The number of rotatable bonds is 6. The first-order valence-corrected chi connectivity index (χ1v) is 7.34. The van der Waals surface area contributed by atoms with Gasteiger partial charge in [-0.3, -0.25) is 4.79 Å². The molecule has 0 aliphatic rings. The molecule has 0 fully saturated rings. The van der Waals surface area contributed by atoms with Crippen LogP contribution in [0.2, 0.25) is 0 Å². The Morgan fingerprint density at radius 1 is 1.40 bits per heavy atom. The van der Waals surface area contributed by atoms with Crippen molar-refractivity contribution in [1.29, 1.82) is 0 Å². The Labute approximate surface area is 121 Å². The fraction of sp³-hybridized carbons (Fsp3) is 0.286. The number of furan rings is 1. The van der Waals surface area contributed by atoms with E-state index in [1.165, 1.54) is 17.6 Å². The fourth-order valence-electron chi connectivity index (χ4n) is 1.73. The summed E-state index contributed by atoms with van der Waals surface area (Å²) in [4.78, 5) is 14.4. The van der Waals surface area contributed by atoms with E-state index in [0.717, 1.165) is 19.0 Å². The summed E-state index contributed by atoms with van der Waals surface area (Å²) < 4.78 is 5.63. The Kier molecular flexibility index (Phi) is 4.95. The topological polar surface area (TPSA) is 57.8 Å². The lowest BCUT2D eigenvalue weighted by Gasteiger charge is -2.16. The zero-order chi connectivity index (χ0) is 14.4. The van der Waals surface area contributed by atoms with Crippen molar-refractivity contribution in [3.05, 3.63) is 40.3 Å². The van der Waals surface area contributed by atoms with Crippen LogP contribution >= 0.6 is 11.3 Å². The predicted octanol–water partition coefficient (Wildman–Crippen LogP) is 2.95. The number of nitrogens with one attached hydrogen (secondary N) is 1. The molecule has 0 saturated carbocycles. The van der Waals surface area contributed by atoms with Crippen LogP contribution in [0.5, 0.6) is 0 Å². The van der Waals surface area contributed by atoms with Crippen LogP contribution in [-0.2, 0) is 0 Å². The molecule has 1 N–H and O–H groups in total. The number of hydrogen-bond donors (Lipinski definition) is 1. The highest BCUT2D eigenvalue weighted by molar-refractivity contribution is 7.12. The quantitative estimate of drug-likeness (QED) is 0.657. The minimum Gasteiger partial charge on any atom is -0.440 e. The van der Waals surface area contributed by atoms with Gasteiger partial charge in [0.25, 0.3) is 5.91 Å². The van der Waals surface area contributed by atoms with Gasteiger partial charge in [-0.15, -0.1) is 11.3 Å². The Morgan fingerprint density at radius 2 is 2.20 bits per heavy atom. The van der Waals surface area contributed by atoms with Gasteiger partial charge in [-0.2, -0.15) is 5.10 Å². The van der Waals surface area contributed by atoms with E-state index in [0.29, 0.717) is 10.6 Å². The van der Waals surface area contributed by atoms with E-state index in [1.54, 1.807) is 6.07 Å². The van der Waals surface area contributed by atoms with Crippen LogP contribution in [-0.4, -0.2) is 25.2 Å². The SMILES string of the molecule is CCN(CC)c1ccc(/C=N/NC(=O)c2cccs2)o1. The van der Waals surface area contributed by atoms with Crippen molar-refractivity contribution in [1.82, 2.24) is 5.43 Å². The van der Waals surface area contributed by atoms with Crippen LogP contribution < -0.4 is 10.3 Å². The van der Waals surface area contributed by atoms with Crippen molar-refractivity contribution < 1.29 is 9.21 Å². The van der Waals surface area contributed by atoms with Gasteiger partial charge in [0, 0.05) is 19.2 Å². The highest BCUT2D eigenvalue weighted by Gasteiger charge is 2.07. The number of carbonyl (C=O) groups is 1. The number of anilines is 1. The molecule has 0 aromatic carbocycles. The first-order chi connectivity index (χ1) is 9.74. The molecule has 5 nitrogen and oxygen atoms in total. The van der Waals surface area contributed by atoms with Crippen LogP contribution in [0, 0.1) is 0 Å². The minimum absolute atomic E-state index is 0.216. The van der Waals surface area contributed by atoms with Gasteiger partial charge < -0.3 is 9.32 Å². The summed E-state index contributed by atoms with van der Waals surface area (Å²) in [5, 5.41) is 5.74. The average Bonchev–Trinajstić information content (AvgIpc) is 3.11. The molecule has 6 heteroatoms. The van der Waals surface area contributed by atoms with E-state index in [9.17, 15) is 4.79 Å². The molecule has 2 aromatic rings. The maximum atomic E-state index is 11.6. The summed E-state index contributed by atoms with van der Waals surface area (Å²) in [7, 11) is 0. The number of amides is 1. The minimum atomic E-state index is -0.216. The Hall–Kier alpha value is -2.08. The highest BCUT2D eigenvalue weighted by atomic mass is 32.1. The van der Waals surface area contributed by atoms with Crippen LogP contribution in [0.3, 0.4) is 0 Å². The monoisotopic (exact) mass is 291 g/mol. The van der Waals surface area contributed by atoms with E-state index >= 15 is 0 Å². The van der Waals surface area contributed by atoms with Gasteiger partial charge in [-0.25, -0.2) is 5.43 Å². The van der Waals surface area contributed by atoms with Gasteiger partial charge in [-0.1, -0.05) is 6.07 Å². The number of thiophene rings is 1. The Bertz CT molecular complexity index is 571. The van der Waals surface area contributed by atoms with E-state index in [2.05, 4.69) is 29.3 Å². The first-order valence-electron chi connectivity index (χ1n) is 6.46. The Balaban J connectivity index is 1.93. The van der Waals surface area contributed by atoms with E-state index in [4.69, 9.17) is 4.42 Å². The van der Waals surface area contributed by atoms with Crippen molar-refractivity contribution in [3.63, 3.8) is 0 Å². The molecule has 1 amide bonds. The highest BCUT2D eigenvalue weighted by Crippen LogP contribution is 2.16. The van der Waals surface area contributed by atoms with Crippen molar-refractivity contribution in [2.24, 2.45) is 5.10 Å². The second-order valence-corrected chi connectivity index (χ2v) is 4.97. The van der Waals surface area contributed by atoms with Gasteiger partial charge in [0.05, 0.1) is 11.1 Å². The maximum absolute atomic E-state index is 11.6. The fourth-order valence-corrected chi connectivity index (χ4v) is 2.35. The van der Waals surface area contributed by atoms with Crippen molar-refractivity contribution in [3.8, 4) is 0 Å². The van der Waals surface area contributed by atoms with Crippen LogP contribution in [0.4, 0.5) is 5.88 Å². The zero-order valence-electron chi connectivity index (χ0n) is 11.5. The number of carbonyl (C=O) groups excluding carboxylic acids is 1. The van der Waals surface area contributed by atoms with Gasteiger partial charge in [-0.05, 0) is 31.4 Å². The van der Waals surface area contributed by atoms with E-state index in [1.807, 2.05) is 23.6 Å². The third-order valence-electron chi connectivity index (χ3n) is 2.79. The molecular formula is C14H17N3O2S. The summed E-state index contributed by atoms with van der Waals surface area (Å²) in [6.07, 6.45) is 1.50. The molecule has 0 aliphatic heterocycles. The smallest absolute Gasteiger partial charge is 0.281 e. The average molecular weight is 291 g/mol. The molecule has 0 atom stereocenters. The first kappa shape index (κ1) is 14.3. The molecule has 0 radical (unpaired) electrons. The summed E-state index contributed by atoms with van der Waals surface area (Å²) >= 11 is 1.38. The molecule has 0 aliphatic carbocycles. The van der Waals surface area contributed by atoms with Crippen molar-refractivity contribution >= 4 is 29.3 Å². The number of hydrazone groups is 1. The van der Waals surface area contributed by atoms with E-state index < -0.39 is 0 Å². The van der Waals surface area contributed by atoms with Crippen LogP contribution in [0.15, 0.2) is 39.2 Å². The number of nitrogens with zero attached hydrogens (tertiary/aromatic N) is 2. The number of hydrogen-bond acceptors (Lipinski definition) is 5.